The van der Waals surface area contributed by atoms with Gasteiger partial charge in [0.15, 0.2) is 0 Å². The molecule has 0 bridgehead atoms. The number of hydrogen-bond donors (Lipinski definition) is 1. The van der Waals surface area contributed by atoms with Crippen LogP contribution in [0, 0.1) is 6.92 Å². The smallest absolute Gasteiger partial charge is 0.283 e. The molecule has 0 saturated heterocycles. The van der Waals surface area contributed by atoms with E-state index in [4.69, 9.17) is 5.73 Å². The van der Waals surface area contributed by atoms with E-state index in [0.29, 0.717) is 28.5 Å². The molecule has 1 aliphatic rings. The summed E-state index contributed by atoms with van der Waals surface area (Å²) >= 11 is 0. The van der Waals surface area contributed by atoms with Crippen molar-refractivity contribution in [2.45, 2.75) is 24.3 Å². The summed E-state index contributed by atoms with van der Waals surface area (Å²) in [4.78, 5) is 26.5. The number of nitrogens with zero attached hydrogens (tertiary/aromatic N) is 3. The largest absolute Gasteiger partial charge is 0.326 e. The number of fused-ring (bicyclic) bond motifs is 2. The lowest BCUT2D eigenvalue weighted by molar-refractivity contribution is 0.0644. The summed E-state index contributed by atoms with van der Waals surface area (Å²) in [5.41, 5.74) is 9.34. The fourth-order valence-electron chi connectivity index (χ4n) is 4.19. The molecule has 1 aliphatic heterocycles. The fourth-order valence-corrected chi connectivity index (χ4v) is 5.47. The maximum Gasteiger partial charge on any atom is 0.283 e. The molecule has 34 heavy (non-hydrogen) atoms. The molecule has 1 aromatic heterocycles. The van der Waals surface area contributed by atoms with Crippen LogP contribution in [0.4, 0.5) is 0 Å². The number of benzene rings is 3. The Hall–Kier alpha value is -3.82. The van der Waals surface area contributed by atoms with E-state index in [0.717, 1.165) is 15.2 Å². The third-order valence-electron chi connectivity index (χ3n) is 5.94. The van der Waals surface area contributed by atoms with Crippen LogP contribution in [0.1, 0.15) is 31.8 Å². The molecule has 9 heteroatoms. The molecule has 2 N–H and O–H groups in total. The first kappa shape index (κ1) is 22.0. The summed E-state index contributed by atoms with van der Waals surface area (Å²) in [6.07, 6.45) is 1.90. The van der Waals surface area contributed by atoms with Crippen LogP contribution >= 0.6 is 0 Å². The number of hydrogen-bond acceptors (Lipinski definition) is 6. The predicted molar refractivity (Wildman–Crippen MR) is 127 cm³/mol. The molecule has 0 radical (unpaired) electrons. The number of carbonyl (C=O) groups excluding carboxylic acids is 2. The summed E-state index contributed by atoms with van der Waals surface area (Å²) in [6, 6.07) is 18.1. The van der Waals surface area contributed by atoms with Gasteiger partial charge < -0.3 is 5.73 Å². The predicted octanol–water partition coefficient (Wildman–Crippen LogP) is 2.75. The molecule has 2 amide bonds. The number of nitrogens with two attached hydrogens (primary N) is 1. The van der Waals surface area contributed by atoms with Crippen LogP contribution in [0.25, 0.3) is 10.9 Å². The maximum atomic E-state index is 13.0. The number of carbonyl (C=O) groups is 2. The van der Waals surface area contributed by atoms with Gasteiger partial charge in [0, 0.05) is 18.0 Å². The van der Waals surface area contributed by atoms with Gasteiger partial charge in [0.2, 0.25) is 0 Å². The number of aryl methyl sites for hydroxylation is 1. The monoisotopic (exact) mass is 474 g/mol. The van der Waals surface area contributed by atoms with E-state index >= 15 is 0 Å². The van der Waals surface area contributed by atoms with Crippen LogP contribution in [0.15, 0.2) is 77.8 Å². The minimum atomic E-state index is -3.83. The van der Waals surface area contributed by atoms with Crippen LogP contribution in [0.5, 0.6) is 0 Å². The van der Waals surface area contributed by atoms with Gasteiger partial charge >= 0.3 is 0 Å². The fraction of sp³-hybridized carbons (Fsp3) is 0.160. The molecule has 8 nitrogen and oxygen atoms in total. The highest BCUT2D eigenvalue weighted by Gasteiger charge is 2.35. The molecule has 3 aromatic carbocycles. The normalized spacial score (nSPS) is 14.6. The summed E-state index contributed by atoms with van der Waals surface area (Å²) in [6.45, 7) is 1.98. The average Bonchev–Trinajstić information content (AvgIpc) is 3.35. The molecule has 5 rings (SSSR count). The van der Waals surface area contributed by atoms with Crippen molar-refractivity contribution in [1.29, 1.82) is 0 Å². The second-order valence-corrected chi connectivity index (χ2v) is 10.2. The minimum Gasteiger partial charge on any atom is -0.326 e. The van der Waals surface area contributed by atoms with Crippen molar-refractivity contribution in [3.63, 3.8) is 0 Å². The van der Waals surface area contributed by atoms with Gasteiger partial charge in [0.05, 0.1) is 27.7 Å². The zero-order valence-electron chi connectivity index (χ0n) is 18.4. The van der Waals surface area contributed by atoms with E-state index in [1.165, 1.54) is 11.1 Å². The van der Waals surface area contributed by atoms with E-state index in [1.54, 1.807) is 60.7 Å². The number of imide groups is 1. The van der Waals surface area contributed by atoms with Gasteiger partial charge in [0.1, 0.15) is 0 Å². The van der Waals surface area contributed by atoms with E-state index in [2.05, 4.69) is 5.10 Å². The number of amides is 2. The van der Waals surface area contributed by atoms with E-state index < -0.39 is 16.1 Å². The Morgan fingerprint density at radius 3 is 2.24 bits per heavy atom. The van der Waals surface area contributed by atoms with Crippen LogP contribution < -0.4 is 5.73 Å². The summed E-state index contributed by atoms with van der Waals surface area (Å²) in [7, 11) is -3.83. The standard InChI is InChI=1S/C25H22N4O4S/c1-16-6-9-20(10-7-16)34(32,33)29-23-11-8-17(12-18(23)14-27-29)13-19(26)15-28-24(30)21-4-2-3-5-22(21)25(28)31/h2-12,14,19H,13,15,26H2,1H3. The van der Waals surface area contributed by atoms with Crippen LogP contribution in [0.2, 0.25) is 0 Å². The molecule has 1 unspecified atom stereocenters. The third-order valence-corrected chi connectivity index (χ3v) is 7.55. The second kappa shape index (κ2) is 8.19. The molecular formula is C25H22N4O4S. The second-order valence-electron chi connectivity index (χ2n) is 8.43. The van der Waals surface area contributed by atoms with Crippen LogP contribution in [-0.4, -0.2) is 46.9 Å². The summed E-state index contributed by atoms with van der Waals surface area (Å²) in [5.74, 6) is -0.678. The Morgan fingerprint density at radius 1 is 0.941 bits per heavy atom. The van der Waals surface area contributed by atoms with Gasteiger partial charge in [-0.15, -0.1) is 0 Å². The highest BCUT2D eigenvalue weighted by atomic mass is 32.2. The maximum absolute atomic E-state index is 13.0. The molecule has 0 spiro atoms. The zero-order chi connectivity index (χ0) is 24.0. The first-order chi connectivity index (χ1) is 16.3. The van der Waals surface area contributed by atoms with Crippen LogP contribution in [-0.2, 0) is 16.4 Å². The van der Waals surface area contributed by atoms with Crippen LogP contribution in [0.3, 0.4) is 0 Å². The molecule has 0 fully saturated rings. The van der Waals surface area contributed by atoms with Gasteiger partial charge in [0.25, 0.3) is 21.8 Å². The Labute approximate surface area is 196 Å². The van der Waals surface area contributed by atoms with Crippen molar-refractivity contribution in [3.8, 4) is 0 Å². The Kier molecular flexibility index (Phi) is 5.30. The first-order valence-corrected chi connectivity index (χ1v) is 12.2. The van der Waals surface area contributed by atoms with Gasteiger partial charge in [-0.25, -0.2) is 0 Å². The third kappa shape index (κ3) is 3.68. The Bertz CT molecular complexity index is 1510. The number of aromatic nitrogens is 2. The van der Waals surface area contributed by atoms with Crippen molar-refractivity contribution in [3.05, 3.63) is 95.2 Å². The van der Waals surface area contributed by atoms with Crippen molar-refractivity contribution >= 4 is 32.7 Å². The van der Waals surface area contributed by atoms with Gasteiger partial charge in [-0.2, -0.15) is 17.6 Å². The van der Waals surface area contributed by atoms with Gasteiger partial charge in [-0.05, 0) is 55.3 Å². The molecule has 0 saturated carbocycles. The lowest BCUT2D eigenvalue weighted by atomic mass is 10.0. The lowest BCUT2D eigenvalue weighted by Crippen LogP contribution is -2.41. The molecule has 4 aromatic rings. The van der Waals surface area contributed by atoms with E-state index in [1.807, 2.05) is 13.0 Å². The summed E-state index contributed by atoms with van der Waals surface area (Å²) in [5, 5.41) is 4.77. The minimum absolute atomic E-state index is 0.0887. The van der Waals surface area contributed by atoms with E-state index in [9.17, 15) is 18.0 Å². The van der Waals surface area contributed by atoms with Crippen molar-refractivity contribution in [1.82, 2.24) is 14.1 Å². The molecule has 2 heterocycles. The number of rotatable bonds is 6. The summed E-state index contributed by atoms with van der Waals surface area (Å²) < 4.78 is 27.1. The molecule has 1 atom stereocenters. The van der Waals surface area contributed by atoms with Gasteiger partial charge in [-0.3, -0.25) is 14.5 Å². The van der Waals surface area contributed by atoms with E-state index in [-0.39, 0.29) is 23.3 Å². The highest BCUT2D eigenvalue weighted by molar-refractivity contribution is 7.90. The lowest BCUT2D eigenvalue weighted by Gasteiger charge is -2.19. The topological polar surface area (TPSA) is 115 Å². The van der Waals surface area contributed by atoms with Crippen molar-refractivity contribution in [2.75, 3.05) is 6.54 Å². The Morgan fingerprint density at radius 2 is 1.59 bits per heavy atom. The molecular weight excluding hydrogens is 452 g/mol. The quantitative estimate of drug-likeness (QED) is 0.430. The van der Waals surface area contributed by atoms with Crippen molar-refractivity contribution in [2.24, 2.45) is 5.73 Å². The highest BCUT2D eigenvalue weighted by Crippen LogP contribution is 2.24. The molecule has 0 aliphatic carbocycles. The first-order valence-electron chi connectivity index (χ1n) is 10.8. The van der Waals surface area contributed by atoms with Crippen molar-refractivity contribution < 1.29 is 18.0 Å². The van der Waals surface area contributed by atoms with Gasteiger partial charge in [-0.1, -0.05) is 35.9 Å². The SMILES string of the molecule is Cc1ccc(S(=O)(=O)n2ncc3cc(CC(N)CN4C(=O)c5ccccc5C4=O)ccc32)cc1. The average molecular weight is 475 g/mol. The zero-order valence-corrected chi connectivity index (χ0v) is 19.2. The Balaban J connectivity index is 1.34. The molecule has 172 valence electrons.